The lowest BCUT2D eigenvalue weighted by Gasteiger charge is -2.12. The Morgan fingerprint density at radius 1 is 1.14 bits per heavy atom. The molecule has 0 bridgehead atoms. The maximum absolute atomic E-state index is 14.0. The molecule has 0 amide bonds. The number of benzene rings is 2. The smallest absolute Gasteiger partial charge is 0.170 e. The minimum atomic E-state index is -0.389. The average Bonchev–Trinajstić information content (AvgIpc) is 2.53. The maximum atomic E-state index is 14.0. The van der Waals surface area contributed by atoms with E-state index >= 15 is 0 Å². The van der Waals surface area contributed by atoms with Crippen LogP contribution in [-0.4, -0.2) is 14.2 Å². The number of nitriles is 1. The number of methoxy groups -OCH3 is 2. The van der Waals surface area contributed by atoms with E-state index in [1.54, 1.807) is 36.4 Å². The van der Waals surface area contributed by atoms with Crippen molar-refractivity contribution in [3.05, 3.63) is 53.3 Å². The summed E-state index contributed by atoms with van der Waals surface area (Å²) >= 11 is 0. The van der Waals surface area contributed by atoms with Gasteiger partial charge in [0.05, 0.1) is 31.5 Å². The van der Waals surface area contributed by atoms with Crippen LogP contribution in [0.5, 0.6) is 11.5 Å². The zero-order chi connectivity index (χ0) is 15.2. The van der Waals surface area contributed by atoms with Gasteiger partial charge in [-0.05, 0) is 18.2 Å². The summed E-state index contributed by atoms with van der Waals surface area (Å²) in [6.45, 7) is 0.283. The summed E-state index contributed by atoms with van der Waals surface area (Å²) in [5, 5.41) is 12.0. The number of rotatable bonds is 5. The van der Waals surface area contributed by atoms with Crippen molar-refractivity contribution in [1.29, 1.82) is 5.26 Å². The van der Waals surface area contributed by atoms with Crippen molar-refractivity contribution in [2.75, 3.05) is 19.5 Å². The minimum Gasteiger partial charge on any atom is -0.495 e. The van der Waals surface area contributed by atoms with Gasteiger partial charge >= 0.3 is 0 Å². The number of nitrogens with one attached hydrogen (secondary N) is 1. The highest BCUT2D eigenvalue weighted by molar-refractivity contribution is 5.59. The van der Waals surface area contributed by atoms with Crippen molar-refractivity contribution < 1.29 is 13.9 Å². The van der Waals surface area contributed by atoms with E-state index in [4.69, 9.17) is 14.7 Å². The van der Waals surface area contributed by atoms with Crippen LogP contribution >= 0.6 is 0 Å². The van der Waals surface area contributed by atoms with Gasteiger partial charge in [0.2, 0.25) is 0 Å². The van der Waals surface area contributed by atoms with Crippen molar-refractivity contribution in [2.45, 2.75) is 6.54 Å². The Kier molecular flexibility index (Phi) is 4.62. The van der Waals surface area contributed by atoms with Crippen LogP contribution in [-0.2, 0) is 6.54 Å². The second-order valence-corrected chi connectivity index (χ2v) is 4.31. The number of ether oxygens (including phenoxy) is 2. The van der Waals surface area contributed by atoms with Crippen LogP contribution in [0.2, 0.25) is 0 Å². The average molecular weight is 286 g/mol. The predicted octanol–water partition coefficient (Wildman–Crippen LogP) is 3.33. The van der Waals surface area contributed by atoms with E-state index in [2.05, 4.69) is 5.32 Å². The van der Waals surface area contributed by atoms with Crippen molar-refractivity contribution >= 4 is 5.69 Å². The topological polar surface area (TPSA) is 54.3 Å². The zero-order valence-corrected chi connectivity index (χ0v) is 11.8. The van der Waals surface area contributed by atoms with E-state index in [1.165, 1.54) is 14.2 Å². The van der Waals surface area contributed by atoms with Crippen LogP contribution in [0, 0.1) is 17.1 Å². The third kappa shape index (κ3) is 3.23. The van der Waals surface area contributed by atoms with E-state index in [9.17, 15) is 4.39 Å². The first-order valence-electron chi connectivity index (χ1n) is 6.33. The van der Waals surface area contributed by atoms with Gasteiger partial charge in [-0.15, -0.1) is 0 Å². The summed E-state index contributed by atoms with van der Waals surface area (Å²) in [6, 6.07) is 12.1. The fourth-order valence-corrected chi connectivity index (χ4v) is 1.95. The molecule has 0 aliphatic heterocycles. The first kappa shape index (κ1) is 14.7. The Morgan fingerprint density at radius 3 is 2.57 bits per heavy atom. The molecule has 1 N–H and O–H groups in total. The normalized spacial score (nSPS) is 9.81. The summed E-state index contributed by atoms with van der Waals surface area (Å²) in [5.74, 6) is 0.360. The van der Waals surface area contributed by atoms with E-state index in [0.29, 0.717) is 22.6 Å². The molecule has 2 aromatic rings. The third-order valence-corrected chi connectivity index (χ3v) is 3.06. The summed E-state index contributed by atoms with van der Waals surface area (Å²) in [6.07, 6.45) is 0. The fourth-order valence-electron chi connectivity index (χ4n) is 1.95. The molecule has 4 nitrogen and oxygen atoms in total. The molecule has 108 valence electrons. The summed E-state index contributed by atoms with van der Waals surface area (Å²) in [7, 11) is 2.95. The molecular weight excluding hydrogens is 271 g/mol. The van der Waals surface area contributed by atoms with Crippen molar-refractivity contribution in [1.82, 2.24) is 0 Å². The molecule has 0 atom stereocenters. The molecular formula is C16H15FN2O2. The number of hydrogen-bond acceptors (Lipinski definition) is 4. The Balaban J connectivity index is 2.19. The monoisotopic (exact) mass is 286 g/mol. The van der Waals surface area contributed by atoms with E-state index in [1.807, 2.05) is 6.07 Å². The highest BCUT2D eigenvalue weighted by Crippen LogP contribution is 2.27. The molecule has 0 unspecified atom stereocenters. The molecule has 0 aliphatic rings. The van der Waals surface area contributed by atoms with Gasteiger partial charge in [0.15, 0.2) is 11.6 Å². The van der Waals surface area contributed by atoms with E-state index in [-0.39, 0.29) is 18.1 Å². The van der Waals surface area contributed by atoms with Gasteiger partial charge in [-0.25, -0.2) is 4.39 Å². The molecule has 0 aromatic heterocycles. The van der Waals surface area contributed by atoms with Crippen molar-refractivity contribution in [3.63, 3.8) is 0 Å². The molecule has 2 aromatic carbocycles. The first-order valence-corrected chi connectivity index (χ1v) is 6.33. The Bertz CT molecular complexity index is 680. The predicted molar refractivity (Wildman–Crippen MR) is 78.0 cm³/mol. The van der Waals surface area contributed by atoms with E-state index < -0.39 is 0 Å². The number of anilines is 1. The lowest BCUT2D eigenvalue weighted by molar-refractivity contribution is 0.384. The van der Waals surface area contributed by atoms with Crippen molar-refractivity contribution in [2.24, 2.45) is 0 Å². The van der Waals surface area contributed by atoms with Crippen LogP contribution < -0.4 is 14.8 Å². The number of nitrogens with zero attached hydrogens (tertiary/aromatic N) is 1. The van der Waals surface area contributed by atoms with Gasteiger partial charge in [0.25, 0.3) is 0 Å². The van der Waals surface area contributed by atoms with Gasteiger partial charge in [-0.1, -0.05) is 12.1 Å². The lowest BCUT2D eigenvalue weighted by atomic mass is 10.1. The van der Waals surface area contributed by atoms with Gasteiger partial charge in [-0.2, -0.15) is 5.26 Å². The first-order chi connectivity index (χ1) is 10.2. The highest BCUT2D eigenvalue weighted by atomic mass is 19.1. The molecule has 0 spiro atoms. The maximum Gasteiger partial charge on any atom is 0.170 e. The molecule has 0 saturated heterocycles. The lowest BCUT2D eigenvalue weighted by Crippen LogP contribution is -2.04. The SMILES string of the molecule is COc1cc(C#N)ccc1NCc1cccc(OC)c1F. The summed E-state index contributed by atoms with van der Waals surface area (Å²) in [5.41, 5.74) is 1.68. The molecule has 0 radical (unpaired) electrons. The second-order valence-electron chi connectivity index (χ2n) is 4.31. The number of hydrogen-bond donors (Lipinski definition) is 1. The Labute approximate surface area is 122 Å². The van der Waals surface area contributed by atoms with Gasteiger partial charge < -0.3 is 14.8 Å². The molecule has 0 aliphatic carbocycles. The largest absolute Gasteiger partial charge is 0.495 e. The van der Waals surface area contributed by atoms with Crippen LogP contribution in [0.4, 0.5) is 10.1 Å². The van der Waals surface area contributed by atoms with Gasteiger partial charge in [0, 0.05) is 18.2 Å². The number of halogens is 1. The van der Waals surface area contributed by atoms with Gasteiger partial charge in [-0.3, -0.25) is 0 Å². The van der Waals surface area contributed by atoms with Crippen LogP contribution in [0.25, 0.3) is 0 Å². The molecule has 5 heteroatoms. The third-order valence-electron chi connectivity index (χ3n) is 3.06. The summed E-state index contributed by atoms with van der Waals surface area (Å²) in [4.78, 5) is 0. The summed E-state index contributed by atoms with van der Waals surface area (Å²) < 4.78 is 24.2. The second kappa shape index (κ2) is 6.62. The molecule has 0 heterocycles. The standard InChI is InChI=1S/C16H15FN2O2/c1-20-14-5-3-4-12(16(14)17)10-19-13-7-6-11(9-18)8-15(13)21-2/h3-8,19H,10H2,1-2H3. The molecule has 0 fully saturated rings. The zero-order valence-electron chi connectivity index (χ0n) is 11.8. The van der Waals surface area contributed by atoms with Gasteiger partial charge in [0.1, 0.15) is 5.75 Å². The Hall–Kier alpha value is -2.74. The molecule has 0 saturated carbocycles. The highest BCUT2D eigenvalue weighted by Gasteiger charge is 2.09. The van der Waals surface area contributed by atoms with Crippen LogP contribution in [0.3, 0.4) is 0 Å². The molecule has 2 rings (SSSR count). The van der Waals surface area contributed by atoms with Crippen LogP contribution in [0.1, 0.15) is 11.1 Å². The quantitative estimate of drug-likeness (QED) is 0.916. The Morgan fingerprint density at radius 2 is 1.90 bits per heavy atom. The molecule has 21 heavy (non-hydrogen) atoms. The minimum absolute atomic E-state index is 0.209. The van der Waals surface area contributed by atoms with Crippen LogP contribution in [0.15, 0.2) is 36.4 Å². The fraction of sp³-hybridized carbons (Fsp3) is 0.188. The van der Waals surface area contributed by atoms with Crippen molar-refractivity contribution in [3.8, 4) is 17.6 Å². The van der Waals surface area contributed by atoms with E-state index in [0.717, 1.165) is 0 Å².